The highest BCUT2D eigenvalue weighted by molar-refractivity contribution is 6.32. The Kier molecular flexibility index (Phi) is 2.59. The fourth-order valence-corrected chi connectivity index (χ4v) is 2.01. The van der Waals surface area contributed by atoms with Crippen LogP contribution in [-0.4, -0.2) is 23.4 Å². The van der Waals surface area contributed by atoms with Gasteiger partial charge in [-0.3, -0.25) is 0 Å². The monoisotopic (exact) mass is 309 g/mol. The number of carboxylic acid groups (broad SMARTS) is 1. The van der Waals surface area contributed by atoms with E-state index in [1.807, 2.05) is 0 Å². The highest BCUT2D eigenvalue weighted by atomic mass is 35.5. The summed E-state index contributed by atoms with van der Waals surface area (Å²) < 4.78 is 66.2. The van der Waals surface area contributed by atoms with Crippen LogP contribution in [0.15, 0.2) is 11.6 Å². The normalized spacial score (nSPS) is 20.9. The number of fused-ring (bicyclic) bond motifs is 1. The van der Waals surface area contributed by atoms with E-state index in [-0.39, 0.29) is 21.9 Å². The number of hydrogen-bond acceptors (Lipinski definition) is 2. The van der Waals surface area contributed by atoms with Gasteiger partial charge in [0.05, 0.1) is 5.57 Å². The van der Waals surface area contributed by atoms with E-state index in [4.69, 9.17) is 25.6 Å². The van der Waals surface area contributed by atoms with E-state index in [1.54, 1.807) is 0 Å². The van der Waals surface area contributed by atoms with Crippen molar-refractivity contribution in [1.29, 1.82) is 0 Å². The molecule has 1 aliphatic rings. The van der Waals surface area contributed by atoms with Gasteiger partial charge >= 0.3 is 12.1 Å². The van der Waals surface area contributed by atoms with Crippen LogP contribution in [0.25, 0.3) is 6.08 Å². The molecule has 1 aromatic rings. The van der Waals surface area contributed by atoms with Crippen LogP contribution in [-0.2, 0) is 4.79 Å². The molecule has 108 valence electrons. The van der Waals surface area contributed by atoms with Crippen molar-refractivity contribution in [2.45, 2.75) is 26.1 Å². The smallest absolute Gasteiger partial charge is 0.430 e. The summed E-state index contributed by atoms with van der Waals surface area (Å²) >= 11 is 5.95. The molecule has 3 nitrogen and oxygen atoms in total. The molecule has 0 bridgehead atoms. The second-order valence-electron chi connectivity index (χ2n) is 4.24. The molecule has 0 radical (unpaired) electrons. The maximum Gasteiger partial charge on any atom is 0.430 e. The first-order chi connectivity index (χ1) is 10.3. The van der Waals surface area contributed by atoms with E-state index in [0.29, 0.717) is 6.08 Å². The number of rotatable bonds is 1. The summed E-state index contributed by atoms with van der Waals surface area (Å²) in [6.45, 7) is -1.33. The third-order valence-electron chi connectivity index (χ3n) is 2.82. The first-order valence-corrected chi connectivity index (χ1v) is 5.73. The molecule has 0 saturated heterocycles. The second kappa shape index (κ2) is 4.70. The van der Waals surface area contributed by atoms with Gasteiger partial charge in [-0.2, -0.15) is 13.2 Å². The van der Waals surface area contributed by atoms with Crippen molar-refractivity contribution < 1.29 is 31.9 Å². The third kappa shape index (κ3) is 2.35. The Balaban J connectivity index is 2.79. The number of hydrogen-bond donors (Lipinski definition) is 1. The van der Waals surface area contributed by atoms with Crippen LogP contribution in [0.5, 0.6) is 5.75 Å². The lowest BCUT2D eigenvalue weighted by atomic mass is 9.96. The van der Waals surface area contributed by atoms with Gasteiger partial charge in [0.2, 0.25) is 6.10 Å². The van der Waals surface area contributed by atoms with Crippen LogP contribution in [0.3, 0.4) is 0 Å². The van der Waals surface area contributed by atoms with Crippen molar-refractivity contribution in [1.82, 2.24) is 0 Å². The molecule has 7 heteroatoms. The van der Waals surface area contributed by atoms with Gasteiger partial charge in [-0.15, -0.1) is 0 Å². The van der Waals surface area contributed by atoms with Gasteiger partial charge in [0.25, 0.3) is 0 Å². The average molecular weight is 310 g/mol. The maximum absolute atomic E-state index is 13.0. The third-order valence-corrected chi connectivity index (χ3v) is 3.31. The van der Waals surface area contributed by atoms with E-state index < -0.39 is 36.2 Å². The van der Waals surface area contributed by atoms with E-state index in [1.165, 1.54) is 6.92 Å². The number of aryl methyl sites for hydroxylation is 1. The number of benzene rings is 1. The van der Waals surface area contributed by atoms with E-state index >= 15 is 0 Å². The minimum absolute atomic E-state index is 0.168. The predicted octanol–water partition coefficient (Wildman–Crippen LogP) is 3.75. The van der Waals surface area contributed by atoms with Crippen molar-refractivity contribution in [2.24, 2.45) is 0 Å². The summed E-state index contributed by atoms with van der Waals surface area (Å²) in [6, 6.07) is 1.15. The molecule has 0 fully saturated rings. The van der Waals surface area contributed by atoms with Crippen molar-refractivity contribution in [3.8, 4) is 5.75 Å². The summed E-state index contributed by atoms with van der Waals surface area (Å²) in [5.74, 6) is -2.23. The van der Waals surface area contributed by atoms with Crippen LogP contribution in [0.4, 0.5) is 13.2 Å². The molecule has 1 aromatic carbocycles. The predicted molar refractivity (Wildman–Crippen MR) is 67.0 cm³/mol. The highest BCUT2D eigenvalue weighted by Gasteiger charge is 2.48. The van der Waals surface area contributed by atoms with Crippen LogP contribution in [0, 0.1) is 13.8 Å². The van der Waals surface area contributed by atoms with E-state index in [0.717, 1.165) is 6.07 Å². The summed E-state index contributed by atoms with van der Waals surface area (Å²) in [7, 11) is 0. The summed E-state index contributed by atoms with van der Waals surface area (Å²) in [5.41, 5.74) is -1.60. The maximum atomic E-state index is 13.0. The molecular weight excluding hydrogens is 297 g/mol. The zero-order valence-corrected chi connectivity index (χ0v) is 10.8. The highest BCUT2D eigenvalue weighted by Crippen LogP contribution is 2.41. The molecule has 1 N–H and O–H groups in total. The van der Waals surface area contributed by atoms with Crippen LogP contribution < -0.4 is 4.74 Å². The lowest BCUT2D eigenvalue weighted by Crippen LogP contribution is -2.40. The van der Waals surface area contributed by atoms with Gasteiger partial charge < -0.3 is 9.84 Å². The zero-order valence-electron chi connectivity index (χ0n) is 13.0. The Hall–Kier alpha value is -1.69. The minimum Gasteiger partial charge on any atom is -0.478 e. The number of aliphatic carboxylic acids is 1. The zero-order chi connectivity index (χ0) is 17.7. The lowest BCUT2D eigenvalue weighted by molar-refractivity contribution is -0.187. The van der Waals surface area contributed by atoms with Crippen molar-refractivity contribution in [2.75, 3.05) is 0 Å². The first kappa shape index (κ1) is 11.0. The number of carboxylic acids is 1. The number of ether oxygens (including phenoxy) is 1. The molecule has 1 heterocycles. The molecule has 20 heavy (non-hydrogen) atoms. The standard InChI is InChI=1S/C13H10ClF3O3/c1-5-3-9-7(6(2)10(5)14)4-8(12(18)19)11(20-9)13(15,16)17/h3-4,11H,1-2H3,(H,18,19)/i2D3. The molecule has 0 saturated carbocycles. The number of alkyl halides is 3. The quantitative estimate of drug-likeness (QED) is 0.859. The number of carbonyl (C=O) groups is 1. The summed E-state index contributed by atoms with van der Waals surface area (Å²) in [5, 5.41) is 8.83. The molecule has 0 aromatic heterocycles. The van der Waals surface area contributed by atoms with Crippen LogP contribution >= 0.6 is 11.6 Å². The fourth-order valence-electron chi connectivity index (χ4n) is 1.86. The Morgan fingerprint density at radius 1 is 1.55 bits per heavy atom. The van der Waals surface area contributed by atoms with Crippen LogP contribution in [0.2, 0.25) is 5.02 Å². The minimum atomic E-state index is -4.96. The molecular formula is C13H10ClF3O3. The average Bonchev–Trinajstić information content (AvgIpc) is 2.36. The van der Waals surface area contributed by atoms with Gasteiger partial charge in [0.15, 0.2) is 0 Å². The van der Waals surface area contributed by atoms with Gasteiger partial charge in [0, 0.05) is 14.7 Å². The van der Waals surface area contributed by atoms with Gasteiger partial charge in [0.1, 0.15) is 5.75 Å². The SMILES string of the molecule is [2H]C([2H])([2H])c1c(Cl)c(C)cc2c1C=C(C(=O)O)C(C(F)(F)F)O2. The first-order valence-electron chi connectivity index (χ1n) is 6.86. The Morgan fingerprint density at radius 3 is 2.70 bits per heavy atom. The molecule has 1 unspecified atom stereocenters. The largest absolute Gasteiger partial charge is 0.478 e. The van der Waals surface area contributed by atoms with Crippen LogP contribution in [0.1, 0.15) is 20.8 Å². The van der Waals surface area contributed by atoms with E-state index in [9.17, 15) is 18.0 Å². The van der Waals surface area contributed by atoms with Crippen molar-refractivity contribution >= 4 is 23.6 Å². The summed E-state index contributed by atoms with van der Waals surface area (Å²) in [6.07, 6.45) is -6.99. The topological polar surface area (TPSA) is 46.5 Å². The van der Waals surface area contributed by atoms with Crippen molar-refractivity contribution in [3.05, 3.63) is 33.4 Å². The van der Waals surface area contributed by atoms with Gasteiger partial charge in [-0.25, -0.2) is 4.79 Å². The molecule has 0 amide bonds. The van der Waals surface area contributed by atoms with Gasteiger partial charge in [-0.05, 0) is 37.0 Å². The molecule has 0 spiro atoms. The molecule has 1 aliphatic heterocycles. The number of halogens is 4. The molecule has 0 aliphatic carbocycles. The van der Waals surface area contributed by atoms with Crippen molar-refractivity contribution in [3.63, 3.8) is 0 Å². The molecule has 2 rings (SSSR count). The van der Waals surface area contributed by atoms with Gasteiger partial charge in [-0.1, -0.05) is 11.6 Å². The second-order valence-corrected chi connectivity index (χ2v) is 4.62. The summed E-state index contributed by atoms with van der Waals surface area (Å²) in [4.78, 5) is 11.1. The lowest BCUT2D eigenvalue weighted by Gasteiger charge is -2.28. The Bertz CT molecular complexity index is 711. The Labute approximate surface area is 121 Å². The Morgan fingerprint density at radius 2 is 2.20 bits per heavy atom. The fraction of sp³-hybridized carbons (Fsp3) is 0.308. The van der Waals surface area contributed by atoms with E-state index in [2.05, 4.69) is 0 Å². The molecule has 1 atom stereocenters.